The molecular formula is C82H48N4S. The summed E-state index contributed by atoms with van der Waals surface area (Å²) in [5.41, 5.74) is 24.2. The Kier molecular flexibility index (Phi) is 11.3. The number of thiophene rings is 1. The Morgan fingerprint density at radius 3 is 0.966 bits per heavy atom. The Hall–Kier alpha value is -11.3. The summed E-state index contributed by atoms with van der Waals surface area (Å²) in [6.45, 7) is 0. The Labute approximate surface area is 507 Å². The maximum Gasteiger partial charge on any atom is 0.109 e. The standard InChI is InChI=1S/C82H48N4S/c83-49-51-35-39-53(40-36-51)55-43-45-61-67(47-55)68-48-56(54-41-37-52(50-84)38-42-54)44-46-62(68)76-75(61)85-77-78(86-76)80(66-30-18-34-72-74(66)64-28-14-16-32-70(64)82(72,59-23-9-3-10-24-59)60-25-11-4-12-26-60)87-79(77)65-29-17-33-71-73(65)63-27-13-15-31-69(63)81(71,57-19-5-1-6-20-57)58-21-7-2-8-22-58/h1-48H. The van der Waals surface area contributed by atoms with Gasteiger partial charge < -0.3 is 0 Å². The van der Waals surface area contributed by atoms with Crippen molar-refractivity contribution in [3.8, 4) is 77.5 Å². The van der Waals surface area contributed by atoms with Gasteiger partial charge in [0.15, 0.2) is 0 Å². The van der Waals surface area contributed by atoms with Crippen LogP contribution in [-0.4, -0.2) is 9.97 Å². The number of aromatic nitrogens is 2. The highest BCUT2D eigenvalue weighted by Crippen LogP contribution is 2.62. The van der Waals surface area contributed by atoms with Gasteiger partial charge in [0.2, 0.25) is 0 Å². The van der Waals surface area contributed by atoms with Gasteiger partial charge in [0.1, 0.15) is 11.0 Å². The van der Waals surface area contributed by atoms with Crippen LogP contribution in [0.2, 0.25) is 0 Å². The summed E-state index contributed by atoms with van der Waals surface area (Å²) in [5.74, 6) is 0. The van der Waals surface area contributed by atoms with Crippen molar-refractivity contribution in [3.05, 3.63) is 347 Å². The van der Waals surface area contributed by atoms with Crippen LogP contribution >= 0.6 is 11.3 Å². The van der Waals surface area contributed by atoms with Gasteiger partial charge in [0.05, 0.1) is 54.9 Å². The van der Waals surface area contributed by atoms with Gasteiger partial charge in [0.25, 0.3) is 0 Å². The van der Waals surface area contributed by atoms with E-state index in [4.69, 9.17) is 9.97 Å². The molecule has 0 radical (unpaired) electrons. The van der Waals surface area contributed by atoms with E-state index in [2.05, 4.69) is 255 Å². The van der Waals surface area contributed by atoms with Crippen LogP contribution in [0.5, 0.6) is 0 Å². The van der Waals surface area contributed by atoms with Gasteiger partial charge in [-0.1, -0.05) is 255 Å². The second-order valence-electron chi connectivity index (χ2n) is 22.8. The van der Waals surface area contributed by atoms with E-state index in [9.17, 15) is 10.5 Å². The van der Waals surface area contributed by atoms with E-state index in [1.54, 1.807) is 11.3 Å². The average Bonchev–Trinajstić information content (AvgIpc) is 1.63. The van der Waals surface area contributed by atoms with Gasteiger partial charge in [0, 0.05) is 21.9 Å². The lowest BCUT2D eigenvalue weighted by molar-refractivity contribution is 0.768. The van der Waals surface area contributed by atoms with Crippen LogP contribution in [0.3, 0.4) is 0 Å². The van der Waals surface area contributed by atoms with Crippen molar-refractivity contribution in [1.29, 1.82) is 10.5 Å². The first kappa shape index (κ1) is 50.2. The molecule has 4 nitrogen and oxygen atoms in total. The minimum atomic E-state index is -0.612. The van der Waals surface area contributed by atoms with Crippen LogP contribution in [-0.2, 0) is 10.8 Å². The van der Waals surface area contributed by atoms with Gasteiger partial charge >= 0.3 is 0 Å². The maximum atomic E-state index is 9.76. The normalized spacial score (nSPS) is 13.2. The third kappa shape index (κ3) is 7.28. The molecule has 2 aliphatic rings. The zero-order valence-corrected chi connectivity index (χ0v) is 47.7. The molecule has 5 heteroatoms. The molecule has 0 fully saturated rings. The lowest BCUT2D eigenvalue weighted by Crippen LogP contribution is -2.28. The van der Waals surface area contributed by atoms with Crippen molar-refractivity contribution < 1.29 is 0 Å². The molecule has 15 aromatic rings. The fourth-order valence-electron chi connectivity index (χ4n) is 14.8. The first-order valence-electron chi connectivity index (χ1n) is 29.4. The quantitative estimate of drug-likeness (QED) is 0.142. The van der Waals surface area contributed by atoms with Gasteiger partial charge in [-0.05, 0) is 136 Å². The summed E-state index contributed by atoms with van der Waals surface area (Å²) in [6, 6.07) is 109. The minimum Gasteiger partial charge on any atom is -0.242 e. The Bertz CT molecular complexity index is 4970. The SMILES string of the molecule is N#Cc1ccc(-c2ccc3c(c2)c2cc(-c4ccc(C#N)cc4)ccc2c2nc4c(-c5cccc6c5-c5ccccc5C6(c5ccccc5)c5ccccc5)sc(-c5cccc6c5-c5ccccc5C6(c5ccccc5)c5ccccc5)c4nc32)cc1. The molecule has 17 rings (SSSR count). The number of hydrogen-bond donors (Lipinski definition) is 0. The smallest absolute Gasteiger partial charge is 0.109 e. The van der Waals surface area contributed by atoms with Crippen LogP contribution in [0.15, 0.2) is 291 Å². The highest BCUT2D eigenvalue weighted by Gasteiger charge is 2.49. The van der Waals surface area contributed by atoms with E-state index in [-0.39, 0.29) is 0 Å². The maximum absolute atomic E-state index is 9.76. The first-order chi connectivity index (χ1) is 43.1. The molecule has 0 amide bonds. The first-order valence-corrected chi connectivity index (χ1v) is 30.2. The van der Waals surface area contributed by atoms with Gasteiger partial charge in [-0.25, -0.2) is 9.97 Å². The molecule has 0 saturated carbocycles. The number of hydrogen-bond acceptors (Lipinski definition) is 5. The molecule has 2 aliphatic carbocycles. The van der Waals surface area contributed by atoms with Crippen molar-refractivity contribution in [1.82, 2.24) is 9.97 Å². The van der Waals surface area contributed by atoms with Crippen LogP contribution in [0, 0.1) is 22.7 Å². The molecule has 0 unspecified atom stereocenters. The summed E-state index contributed by atoms with van der Waals surface area (Å²) in [4.78, 5) is 14.3. The molecule has 2 aromatic heterocycles. The minimum absolute atomic E-state index is 0.612. The van der Waals surface area contributed by atoms with E-state index >= 15 is 0 Å². The second-order valence-corrected chi connectivity index (χ2v) is 23.8. The Morgan fingerprint density at radius 1 is 0.276 bits per heavy atom. The van der Waals surface area contributed by atoms with E-state index < -0.39 is 10.8 Å². The zero-order chi connectivity index (χ0) is 57.8. The molecule has 0 spiro atoms. The summed E-state index contributed by atoms with van der Waals surface area (Å²) < 4.78 is 0. The van der Waals surface area contributed by atoms with Crippen LogP contribution in [0.1, 0.15) is 55.6 Å². The molecule has 87 heavy (non-hydrogen) atoms. The third-order valence-electron chi connectivity index (χ3n) is 18.5. The third-order valence-corrected chi connectivity index (χ3v) is 19.8. The number of rotatable bonds is 8. The number of nitriles is 2. The van der Waals surface area contributed by atoms with Crippen LogP contribution < -0.4 is 0 Å². The molecule has 0 N–H and O–H groups in total. The number of nitrogens with zero attached hydrogens (tertiary/aromatic N) is 4. The summed E-state index contributed by atoms with van der Waals surface area (Å²) in [7, 11) is 0. The van der Waals surface area contributed by atoms with Crippen molar-refractivity contribution in [2.75, 3.05) is 0 Å². The lowest BCUT2D eigenvalue weighted by atomic mass is 9.67. The molecule has 402 valence electrons. The van der Waals surface area contributed by atoms with E-state index in [0.29, 0.717) is 11.1 Å². The Morgan fingerprint density at radius 2 is 0.598 bits per heavy atom. The summed E-state index contributed by atoms with van der Waals surface area (Å²) in [5, 5.41) is 23.6. The van der Waals surface area contributed by atoms with Crippen LogP contribution in [0.4, 0.5) is 0 Å². The second kappa shape index (κ2) is 19.6. The van der Waals surface area contributed by atoms with E-state index in [0.717, 1.165) is 86.7 Å². The molecule has 13 aromatic carbocycles. The lowest BCUT2D eigenvalue weighted by Gasteiger charge is -2.34. The highest BCUT2D eigenvalue weighted by atomic mass is 32.1. The largest absolute Gasteiger partial charge is 0.242 e. The monoisotopic (exact) mass is 1120 g/mol. The molecule has 0 aliphatic heterocycles. The molecule has 0 bridgehead atoms. The molecule has 2 heterocycles. The van der Waals surface area contributed by atoms with Gasteiger partial charge in [-0.3, -0.25) is 0 Å². The fourth-order valence-corrected chi connectivity index (χ4v) is 16.1. The molecule has 0 atom stereocenters. The zero-order valence-electron chi connectivity index (χ0n) is 46.9. The fraction of sp³-hybridized carbons (Fsp3) is 0.0244. The topological polar surface area (TPSA) is 73.4 Å². The predicted molar refractivity (Wildman–Crippen MR) is 356 cm³/mol. The van der Waals surface area contributed by atoms with Gasteiger partial charge in [-0.15, -0.1) is 11.3 Å². The molecular weight excluding hydrogens is 1070 g/mol. The average molecular weight is 1120 g/mol. The predicted octanol–water partition coefficient (Wildman–Crippen LogP) is 20.3. The number of benzene rings is 13. The summed E-state index contributed by atoms with van der Waals surface area (Å²) >= 11 is 1.80. The number of fused-ring (bicyclic) bond motifs is 13. The van der Waals surface area contributed by atoms with E-state index in [1.165, 1.54) is 66.8 Å². The summed E-state index contributed by atoms with van der Waals surface area (Å²) in [6.07, 6.45) is 0. The molecule has 0 saturated heterocycles. The van der Waals surface area contributed by atoms with Crippen molar-refractivity contribution >= 4 is 54.9 Å². The van der Waals surface area contributed by atoms with Crippen molar-refractivity contribution in [2.45, 2.75) is 10.8 Å². The highest BCUT2D eigenvalue weighted by molar-refractivity contribution is 7.21. The van der Waals surface area contributed by atoms with Crippen molar-refractivity contribution in [2.24, 2.45) is 0 Å². The van der Waals surface area contributed by atoms with Gasteiger partial charge in [-0.2, -0.15) is 10.5 Å². The van der Waals surface area contributed by atoms with Crippen molar-refractivity contribution in [3.63, 3.8) is 0 Å². The Balaban J connectivity index is 1.01. The van der Waals surface area contributed by atoms with Crippen LogP contribution in [0.25, 0.3) is 109 Å². The van der Waals surface area contributed by atoms with E-state index in [1.807, 2.05) is 48.5 Å².